The Hall–Kier alpha value is -4.00. The summed E-state index contributed by atoms with van der Waals surface area (Å²) >= 11 is 0. The third-order valence-electron chi connectivity index (χ3n) is 3.96. The molecule has 0 saturated heterocycles. The van der Waals surface area contributed by atoms with E-state index in [0.717, 1.165) is 11.4 Å². The van der Waals surface area contributed by atoms with Crippen LogP contribution in [0.3, 0.4) is 0 Å². The highest BCUT2D eigenvalue weighted by Gasteiger charge is 2.13. The summed E-state index contributed by atoms with van der Waals surface area (Å²) in [6.07, 6.45) is 0. The van der Waals surface area contributed by atoms with Gasteiger partial charge in [0.2, 0.25) is 0 Å². The van der Waals surface area contributed by atoms with E-state index in [1.165, 1.54) is 0 Å². The Labute approximate surface area is 168 Å². The Bertz CT molecular complexity index is 959. The van der Waals surface area contributed by atoms with E-state index < -0.39 is 11.8 Å². The molecule has 0 unspecified atom stereocenters. The molecule has 0 aliphatic carbocycles. The van der Waals surface area contributed by atoms with Crippen molar-refractivity contribution in [3.05, 3.63) is 84.4 Å². The lowest BCUT2D eigenvalue weighted by Crippen LogP contribution is -2.44. The molecule has 148 valence electrons. The van der Waals surface area contributed by atoms with E-state index in [1.54, 1.807) is 67.8 Å². The summed E-state index contributed by atoms with van der Waals surface area (Å²) in [7, 11) is 1.58. The molecule has 3 rings (SSSR count). The zero-order valence-electron chi connectivity index (χ0n) is 15.8. The predicted molar refractivity (Wildman–Crippen MR) is 110 cm³/mol. The van der Waals surface area contributed by atoms with Crippen molar-refractivity contribution in [2.24, 2.45) is 0 Å². The molecular formula is C22H21N3O4. The Morgan fingerprint density at radius 2 is 1.48 bits per heavy atom. The number of hydrogen-bond acceptors (Lipinski definition) is 5. The molecule has 0 aliphatic heterocycles. The highest BCUT2D eigenvalue weighted by Crippen LogP contribution is 2.24. The fourth-order valence-corrected chi connectivity index (χ4v) is 2.49. The van der Waals surface area contributed by atoms with Gasteiger partial charge in [0.15, 0.2) is 0 Å². The lowest BCUT2D eigenvalue weighted by molar-refractivity contribution is -0.120. The molecule has 0 heterocycles. The molecule has 2 amide bonds. The van der Waals surface area contributed by atoms with Gasteiger partial charge in [-0.2, -0.15) is 0 Å². The summed E-state index contributed by atoms with van der Waals surface area (Å²) in [5.41, 5.74) is 5.85. The van der Waals surface area contributed by atoms with Gasteiger partial charge in [0.05, 0.1) is 19.2 Å². The van der Waals surface area contributed by atoms with Gasteiger partial charge in [-0.1, -0.05) is 30.3 Å². The standard InChI is InChI=1S/C22H21N3O4/c1-28-17-13-11-16(12-14-17)23-15-21(26)24-25-22(27)19-9-5-6-10-20(19)29-18-7-3-2-4-8-18/h2-14,23H,15H2,1H3,(H,24,26)(H,25,27). The number of hydrogen-bond donors (Lipinski definition) is 3. The van der Waals surface area contributed by atoms with E-state index in [4.69, 9.17) is 9.47 Å². The van der Waals surface area contributed by atoms with Crippen LogP contribution in [0.4, 0.5) is 5.69 Å². The van der Waals surface area contributed by atoms with Crippen LogP contribution in [0.15, 0.2) is 78.9 Å². The van der Waals surface area contributed by atoms with E-state index in [0.29, 0.717) is 17.1 Å². The third kappa shape index (κ3) is 5.74. The van der Waals surface area contributed by atoms with Gasteiger partial charge in [-0.05, 0) is 48.5 Å². The first kappa shape index (κ1) is 19.8. The summed E-state index contributed by atoms with van der Waals surface area (Å²) in [5.74, 6) is 0.857. The summed E-state index contributed by atoms with van der Waals surface area (Å²) in [6.45, 7) is -0.00519. The Balaban J connectivity index is 1.53. The van der Waals surface area contributed by atoms with E-state index in [2.05, 4.69) is 16.2 Å². The van der Waals surface area contributed by atoms with Gasteiger partial charge >= 0.3 is 0 Å². The van der Waals surface area contributed by atoms with Crippen LogP contribution in [0.25, 0.3) is 0 Å². The van der Waals surface area contributed by atoms with Crippen LogP contribution in [0.2, 0.25) is 0 Å². The molecule has 7 nitrogen and oxygen atoms in total. The summed E-state index contributed by atoms with van der Waals surface area (Å²) in [5, 5.41) is 2.96. The van der Waals surface area contributed by atoms with Crippen molar-refractivity contribution in [1.82, 2.24) is 10.9 Å². The molecule has 3 N–H and O–H groups in total. The Morgan fingerprint density at radius 3 is 2.21 bits per heavy atom. The number of methoxy groups -OCH3 is 1. The zero-order chi connectivity index (χ0) is 20.5. The smallest absolute Gasteiger partial charge is 0.273 e. The first-order chi connectivity index (χ1) is 14.2. The molecule has 3 aromatic carbocycles. The van der Waals surface area contributed by atoms with Crippen LogP contribution >= 0.6 is 0 Å². The summed E-state index contributed by atoms with van der Waals surface area (Å²) in [6, 6.07) is 23.1. The second kappa shape index (κ2) is 9.80. The fraction of sp³-hybridized carbons (Fsp3) is 0.0909. The molecule has 0 atom stereocenters. The van der Waals surface area contributed by atoms with E-state index >= 15 is 0 Å². The minimum Gasteiger partial charge on any atom is -0.497 e. The molecular weight excluding hydrogens is 370 g/mol. The molecule has 3 aromatic rings. The highest BCUT2D eigenvalue weighted by atomic mass is 16.5. The number of carbonyl (C=O) groups excluding carboxylic acids is 2. The van der Waals surface area contributed by atoms with Gasteiger partial charge in [0.25, 0.3) is 11.8 Å². The normalized spacial score (nSPS) is 9.97. The number of nitrogens with one attached hydrogen (secondary N) is 3. The first-order valence-corrected chi connectivity index (χ1v) is 8.95. The van der Waals surface area contributed by atoms with Crippen LogP contribution < -0.4 is 25.6 Å². The SMILES string of the molecule is COc1ccc(NCC(=O)NNC(=O)c2ccccc2Oc2ccccc2)cc1. The molecule has 0 bridgehead atoms. The average Bonchev–Trinajstić information content (AvgIpc) is 2.77. The molecule has 0 fully saturated rings. The maximum atomic E-state index is 12.5. The van der Waals surface area contributed by atoms with Gasteiger partial charge in [-0.3, -0.25) is 20.4 Å². The highest BCUT2D eigenvalue weighted by molar-refractivity contribution is 5.98. The second-order valence-electron chi connectivity index (χ2n) is 6.00. The summed E-state index contributed by atoms with van der Waals surface area (Å²) in [4.78, 5) is 24.5. The third-order valence-corrected chi connectivity index (χ3v) is 3.96. The number of rotatable bonds is 7. The summed E-state index contributed by atoms with van der Waals surface area (Å²) < 4.78 is 10.8. The largest absolute Gasteiger partial charge is 0.497 e. The van der Waals surface area contributed by atoms with E-state index in [9.17, 15) is 9.59 Å². The number of benzene rings is 3. The molecule has 0 radical (unpaired) electrons. The van der Waals surface area contributed by atoms with E-state index in [-0.39, 0.29) is 6.54 Å². The molecule has 29 heavy (non-hydrogen) atoms. The quantitative estimate of drug-likeness (QED) is 0.538. The topological polar surface area (TPSA) is 88.7 Å². The van der Waals surface area contributed by atoms with Gasteiger partial charge in [-0.25, -0.2) is 0 Å². The van der Waals surface area contributed by atoms with Crippen LogP contribution in [-0.2, 0) is 4.79 Å². The van der Waals surface area contributed by atoms with Crippen LogP contribution in [0.5, 0.6) is 17.2 Å². The fourth-order valence-electron chi connectivity index (χ4n) is 2.49. The lowest BCUT2D eigenvalue weighted by Gasteiger charge is -2.12. The van der Waals surface area contributed by atoms with Crippen molar-refractivity contribution in [2.75, 3.05) is 19.0 Å². The number of ether oxygens (including phenoxy) is 2. The van der Waals surface area contributed by atoms with E-state index in [1.807, 2.05) is 18.2 Å². The number of amides is 2. The lowest BCUT2D eigenvalue weighted by atomic mass is 10.2. The van der Waals surface area contributed by atoms with Crippen molar-refractivity contribution in [2.45, 2.75) is 0 Å². The second-order valence-corrected chi connectivity index (χ2v) is 6.00. The average molecular weight is 391 g/mol. The van der Waals surface area contributed by atoms with Crippen molar-refractivity contribution in [3.63, 3.8) is 0 Å². The molecule has 0 spiro atoms. The minimum atomic E-state index is -0.477. The number of para-hydroxylation sites is 2. The Kier molecular flexibility index (Phi) is 6.67. The van der Waals surface area contributed by atoms with Crippen LogP contribution in [0.1, 0.15) is 10.4 Å². The van der Waals surface area contributed by atoms with Crippen molar-refractivity contribution < 1.29 is 19.1 Å². The van der Waals surface area contributed by atoms with Gasteiger partial charge in [-0.15, -0.1) is 0 Å². The van der Waals surface area contributed by atoms with Crippen LogP contribution in [0, 0.1) is 0 Å². The maximum absolute atomic E-state index is 12.5. The van der Waals surface area contributed by atoms with Crippen molar-refractivity contribution in [3.8, 4) is 17.2 Å². The molecule has 0 saturated carbocycles. The first-order valence-electron chi connectivity index (χ1n) is 8.95. The van der Waals surface area contributed by atoms with Crippen molar-refractivity contribution in [1.29, 1.82) is 0 Å². The predicted octanol–water partition coefficient (Wildman–Crippen LogP) is 3.36. The molecule has 0 aromatic heterocycles. The molecule has 0 aliphatic rings. The monoisotopic (exact) mass is 391 g/mol. The molecule has 7 heteroatoms. The van der Waals surface area contributed by atoms with Gasteiger partial charge in [0.1, 0.15) is 17.2 Å². The number of carbonyl (C=O) groups is 2. The minimum absolute atomic E-state index is 0.00519. The van der Waals surface area contributed by atoms with Crippen LogP contribution in [-0.4, -0.2) is 25.5 Å². The maximum Gasteiger partial charge on any atom is 0.273 e. The van der Waals surface area contributed by atoms with Crippen molar-refractivity contribution >= 4 is 17.5 Å². The number of hydrazine groups is 1. The number of anilines is 1. The Morgan fingerprint density at radius 1 is 0.793 bits per heavy atom. The van der Waals surface area contributed by atoms with Gasteiger partial charge in [0, 0.05) is 5.69 Å². The zero-order valence-corrected chi connectivity index (χ0v) is 15.8. The van der Waals surface area contributed by atoms with Gasteiger partial charge < -0.3 is 14.8 Å².